The Bertz CT molecular complexity index is 2210. The average Bonchev–Trinajstić information content (AvgIpc) is 3.17. The molecule has 0 saturated carbocycles. The summed E-state index contributed by atoms with van der Waals surface area (Å²) in [7, 11) is -0.0178. The monoisotopic (exact) mass is 716 g/mol. The predicted molar refractivity (Wildman–Crippen MR) is 206 cm³/mol. The predicted octanol–water partition coefficient (Wildman–Crippen LogP) is 8.09. The van der Waals surface area contributed by atoms with Gasteiger partial charge in [0.05, 0.1) is 25.7 Å². The number of fused-ring (bicyclic) bond motifs is 1. The van der Waals surface area contributed by atoms with E-state index in [1.807, 2.05) is 36.4 Å². The first kappa shape index (κ1) is 37.7. The summed E-state index contributed by atoms with van der Waals surface area (Å²) in [6.07, 6.45) is 3.83. The second-order valence-corrected chi connectivity index (χ2v) is 15.3. The first-order chi connectivity index (χ1) is 24.8. The van der Waals surface area contributed by atoms with Crippen LogP contribution in [0.2, 0.25) is 0 Å². The van der Waals surface area contributed by atoms with Crippen molar-refractivity contribution in [1.29, 1.82) is 0 Å². The third-order valence-corrected chi connectivity index (χ3v) is 11.0. The Kier molecular flexibility index (Phi) is 11.1. The van der Waals surface area contributed by atoms with Gasteiger partial charge >= 0.3 is 5.71 Å². The van der Waals surface area contributed by atoms with Crippen LogP contribution in [0.3, 0.4) is 0 Å². The summed E-state index contributed by atoms with van der Waals surface area (Å²) in [5.41, 5.74) is 15.5. The molecule has 0 saturated heterocycles. The van der Waals surface area contributed by atoms with Gasteiger partial charge in [0, 0.05) is 35.7 Å². The average molecular weight is 717 g/mol. The number of aliphatic hydroxyl groups is 1. The van der Waals surface area contributed by atoms with Gasteiger partial charge in [-0.05, 0) is 76.7 Å². The Hall–Kier alpha value is -5.60. The van der Waals surface area contributed by atoms with E-state index in [4.69, 9.17) is 15.0 Å². The van der Waals surface area contributed by atoms with Crippen molar-refractivity contribution in [3.8, 4) is 11.5 Å². The Morgan fingerprint density at radius 3 is 1.56 bits per heavy atom. The van der Waals surface area contributed by atoms with Crippen LogP contribution in [0.1, 0.15) is 71.5 Å². The van der Waals surface area contributed by atoms with E-state index in [0.29, 0.717) is 5.56 Å². The Labute approximate surface area is 307 Å². The van der Waals surface area contributed by atoms with Gasteiger partial charge in [-0.1, -0.05) is 98.8 Å². The van der Waals surface area contributed by atoms with E-state index in [9.17, 15) is 18.3 Å². The maximum atomic E-state index is 11.8. The third kappa shape index (κ3) is 7.53. The fourth-order valence-corrected chi connectivity index (χ4v) is 7.36. The molecule has 0 amide bonds. The molecule has 52 heavy (non-hydrogen) atoms. The number of sulfone groups is 1. The van der Waals surface area contributed by atoms with Crippen LogP contribution in [0.25, 0.3) is 11.6 Å². The molecule has 9 heteroatoms. The number of ether oxygens (including phenoxy) is 2. The van der Waals surface area contributed by atoms with Crippen LogP contribution in [0.15, 0.2) is 126 Å². The molecule has 0 bridgehead atoms. The molecule has 0 aliphatic heterocycles. The summed E-state index contributed by atoms with van der Waals surface area (Å²) in [6, 6.07) is 38.2. The van der Waals surface area contributed by atoms with Crippen molar-refractivity contribution < 1.29 is 34.0 Å². The molecular weight excluding hydrogens is 673 g/mol. The van der Waals surface area contributed by atoms with Gasteiger partial charge in [0.2, 0.25) is 0 Å². The first-order valence-corrected chi connectivity index (χ1v) is 18.5. The zero-order valence-corrected chi connectivity index (χ0v) is 30.9. The quantitative estimate of drug-likeness (QED) is 0.0934. The Balaban J connectivity index is 0.000000292. The van der Waals surface area contributed by atoms with Crippen LogP contribution in [0, 0.1) is 0 Å². The number of methoxy groups -OCH3 is 2. The summed E-state index contributed by atoms with van der Waals surface area (Å²) in [5.74, 6) is 1.20. The first-order valence-electron chi connectivity index (χ1n) is 16.7. The number of aliphatic hydroxyl groups excluding tert-OH is 1. The highest BCUT2D eigenvalue weighted by atomic mass is 32.2. The van der Waals surface area contributed by atoms with Gasteiger partial charge in [0.1, 0.15) is 11.5 Å². The van der Waals surface area contributed by atoms with Crippen LogP contribution >= 0.6 is 0 Å². The van der Waals surface area contributed by atoms with Gasteiger partial charge in [-0.25, -0.2) is 8.42 Å². The molecule has 8 nitrogen and oxygen atoms in total. The van der Waals surface area contributed by atoms with Gasteiger partial charge in [0.25, 0.3) is 5.78 Å². The van der Waals surface area contributed by atoms with E-state index in [2.05, 4.69) is 86.2 Å². The number of allylic oxidation sites excluding steroid dienone is 1. The van der Waals surface area contributed by atoms with Crippen molar-refractivity contribution in [3.05, 3.63) is 171 Å². The van der Waals surface area contributed by atoms with Crippen LogP contribution < -0.4 is 9.47 Å². The maximum Gasteiger partial charge on any atom is 0.362 e. The van der Waals surface area contributed by atoms with Crippen LogP contribution in [-0.4, -0.2) is 50.3 Å². The molecule has 0 atom stereocenters. The smallest absolute Gasteiger partial charge is 0.362 e. The zero-order valence-electron chi connectivity index (χ0n) is 30.1. The molecule has 0 spiro atoms. The lowest BCUT2D eigenvalue weighted by Crippen LogP contribution is -2.26. The number of nitrogens with zero attached hydrogens (tertiary/aromatic N) is 2. The molecule has 1 aliphatic carbocycles. The largest absolute Gasteiger partial charge is 0.497 e. The number of Topliss-reactive ketones (excluding diaryl/α,β-unsaturated/α-hetero) is 1. The molecule has 6 rings (SSSR count). The maximum absolute atomic E-state index is 11.8. The van der Waals surface area contributed by atoms with E-state index in [1.165, 1.54) is 58.2 Å². The highest BCUT2D eigenvalue weighted by molar-refractivity contribution is 7.90. The lowest BCUT2D eigenvalue weighted by Gasteiger charge is -2.33. The fourth-order valence-electron chi connectivity index (χ4n) is 6.45. The molecule has 268 valence electrons. The highest BCUT2D eigenvalue weighted by Crippen LogP contribution is 2.41. The molecule has 1 N–H and O–H groups in total. The van der Waals surface area contributed by atoms with Crippen molar-refractivity contribution in [2.45, 2.75) is 43.1 Å². The van der Waals surface area contributed by atoms with Crippen LogP contribution in [0.5, 0.6) is 11.5 Å². The normalized spacial score (nSPS) is 12.7. The van der Waals surface area contributed by atoms with Crippen LogP contribution in [0.4, 0.5) is 0 Å². The van der Waals surface area contributed by atoms with Crippen molar-refractivity contribution >= 4 is 27.4 Å². The minimum Gasteiger partial charge on any atom is -0.497 e. The molecule has 1 aliphatic rings. The van der Waals surface area contributed by atoms with Gasteiger partial charge in [-0.2, -0.15) is 4.79 Å². The van der Waals surface area contributed by atoms with E-state index in [0.717, 1.165) is 23.3 Å². The molecule has 0 aromatic heterocycles. The molecule has 0 radical (unpaired) electrons. The summed E-state index contributed by atoms with van der Waals surface area (Å²) in [5, 5.41) is 9.39. The van der Waals surface area contributed by atoms with Crippen molar-refractivity contribution in [3.63, 3.8) is 0 Å². The molecule has 5 aromatic carbocycles. The Morgan fingerprint density at radius 1 is 0.692 bits per heavy atom. The van der Waals surface area contributed by atoms with E-state index >= 15 is 0 Å². The number of benzene rings is 5. The number of ketones is 1. The third-order valence-electron chi connectivity index (χ3n) is 9.84. The molecule has 0 unspecified atom stereocenters. The fraction of sp³-hybridized carbons (Fsp3) is 0.209. The summed E-state index contributed by atoms with van der Waals surface area (Å²) < 4.78 is 33.9. The molecule has 5 aromatic rings. The standard InChI is InChI=1S/C32H34O3.C11H8N2O3S.H2/c1-31(2,24-8-6-23(22-33)7-9-24)25-10-12-26(13-11-25)32(3,27-14-18-29(34-4)19-15-27)28-16-20-30(35-5)21-17-28;1-17(15,16)10-4-2-3-8-7(10)5-6-9(13-12)11(8)14;/h6-21,33H,22H2,1-5H3;2-6H,1H3;1H. The summed E-state index contributed by atoms with van der Waals surface area (Å²) in [6.45, 7) is 6.80. The number of carbonyl (C=O) groups is 1. The lowest BCUT2D eigenvalue weighted by molar-refractivity contribution is -0.00436. The number of carbonyl (C=O) groups excluding carboxylic acids is 1. The molecular formula is C43H44N2O6S. The van der Waals surface area contributed by atoms with E-state index in [-0.39, 0.29) is 35.0 Å². The molecule has 0 heterocycles. The highest BCUT2D eigenvalue weighted by Gasteiger charge is 2.33. The van der Waals surface area contributed by atoms with Gasteiger partial charge in [0.15, 0.2) is 9.84 Å². The Morgan fingerprint density at radius 2 is 1.13 bits per heavy atom. The lowest BCUT2D eigenvalue weighted by atomic mass is 9.70. The van der Waals surface area contributed by atoms with Crippen molar-refractivity contribution in [1.82, 2.24) is 0 Å². The number of hydrogen-bond acceptors (Lipinski definition) is 6. The zero-order chi connectivity index (χ0) is 37.7. The number of hydrogen-bond donors (Lipinski definition) is 1. The molecule has 0 fully saturated rings. The van der Waals surface area contributed by atoms with Gasteiger partial charge < -0.3 is 20.1 Å². The second-order valence-electron chi connectivity index (χ2n) is 13.3. The van der Waals surface area contributed by atoms with Gasteiger partial charge in [-0.3, -0.25) is 4.79 Å². The summed E-state index contributed by atoms with van der Waals surface area (Å²) >= 11 is 0. The SMILES string of the molecule is COc1ccc(C(C)(c2ccc(OC)cc2)c2ccc(C(C)(C)c3ccc(CO)cc3)cc2)cc1.CS(=O)(=O)c1cccc2c1C=CC(=[N+]=[N-])C2=O.[HH]. The van der Waals surface area contributed by atoms with E-state index in [1.54, 1.807) is 14.2 Å². The topological polar surface area (TPSA) is 126 Å². The minimum absolute atomic E-state index is 0. The minimum atomic E-state index is -3.40. The number of rotatable bonds is 9. The second kappa shape index (κ2) is 15.3. The van der Waals surface area contributed by atoms with E-state index < -0.39 is 15.6 Å². The summed E-state index contributed by atoms with van der Waals surface area (Å²) in [4.78, 5) is 14.7. The van der Waals surface area contributed by atoms with Crippen molar-refractivity contribution in [2.75, 3.05) is 20.5 Å². The van der Waals surface area contributed by atoms with Crippen LogP contribution in [-0.2, 0) is 27.3 Å². The van der Waals surface area contributed by atoms with Gasteiger partial charge in [-0.15, -0.1) is 0 Å². The van der Waals surface area contributed by atoms with Crippen molar-refractivity contribution in [2.24, 2.45) is 0 Å².